The molecule has 9 nitrogen and oxygen atoms in total. The summed E-state index contributed by atoms with van der Waals surface area (Å²) in [5, 5.41) is 29.3. The van der Waals surface area contributed by atoms with Crippen molar-refractivity contribution < 1.29 is 19.7 Å². The molecule has 1 aromatic heterocycles. The maximum atomic E-state index is 12.1. The van der Waals surface area contributed by atoms with Crippen molar-refractivity contribution >= 4 is 0 Å². The summed E-state index contributed by atoms with van der Waals surface area (Å²) in [5.41, 5.74) is -3.29. The van der Waals surface area contributed by atoms with Crippen LogP contribution in [0.4, 0.5) is 0 Å². The average molecular weight is 309 g/mol. The van der Waals surface area contributed by atoms with Gasteiger partial charge in [0, 0.05) is 18.9 Å². The van der Waals surface area contributed by atoms with E-state index in [0.717, 1.165) is 16.8 Å². The molecule has 0 aliphatic carbocycles. The predicted molar refractivity (Wildman–Crippen MR) is 70.7 cm³/mol. The highest BCUT2D eigenvalue weighted by Gasteiger charge is 2.61. The Kier molecular flexibility index (Phi) is 3.62. The Balaban J connectivity index is 2.15. The second-order valence-corrected chi connectivity index (χ2v) is 5.34. The van der Waals surface area contributed by atoms with Gasteiger partial charge in [0.1, 0.15) is 12.2 Å². The number of aliphatic hydroxyl groups excluding tert-OH is 2. The van der Waals surface area contributed by atoms with Crippen molar-refractivity contribution in [3.05, 3.63) is 33.1 Å². The van der Waals surface area contributed by atoms with E-state index in [0.29, 0.717) is 13.0 Å². The first-order valence-electron chi connectivity index (χ1n) is 6.85. The van der Waals surface area contributed by atoms with Crippen molar-refractivity contribution in [2.24, 2.45) is 5.92 Å². The van der Waals surface area contributed by atoms with Gasteiger partial charge < -0.3 is 19.7 Å². The van der Waals surface area contributed by atoms with Gasteiger partial charge in [0.05, 0.1) is 24.7 Å². The van der Waals surface area contributed by atoms with E-state index < -0.39 is 47.8 Å². The summed E-state index contributed by atoms with van der Waals surface area (Å²) in [6.45, 7) is -0.0222. The summed E-state index contributed by atoms with van der Waals surface area (Å²) in [4.78, 5) is 25.3. The quantitative estimate of drug-likeness (QED) is 0.580. The Morgan fingerprint density at radius 1 is 1.55 bits per heavy atom. The number of ether oxygens (including phenoxy) is 2. The molecule has 2 aliphatic rings. The van der Waals surface area contributed by atoms with E-state index in [1.54, 1.807) is 0 Å². The Morgan fingerprint density at radius 3 is 2.77 bits per heavy atom. The highest BCUT2D eigenvalue weighted by molar-refractivity contribution is 5.14. The van der Waals surface area contributed by atoms with Crippen LogP contribution >= 0.6 is 0 Å². The van der Waals surface area contributed by atoms with Crippen LogP contribution in [0.3, 0.4) is 0 Å². The fourth-order valence-electron chi connectivity index (χ4n) is 3.05. The fourth-order valence-corrected chi connectivity index (χ4v) is 3.05. The molecule has 0 bridgehead atoms. The lowest BCUT2D eigenvalue weighted by atomic mass is 9.83. The second kappa shape index (κ2) is 5.33. The van der Waals surface area contributed by atoms with Gasteiger partial charge >= 0.3 is 5.69 Å². The third-order valence-electron chi connectivity index (χ3n) is 4.19. The van der Waals surface area contributed by atoms with E-state index >= 15 is 0 Å². The molecule has 118 valence electrons. The number of hydrogen-bond donors (Lipinski definition) is 3. The Hall–Kier alpha value is -1.99. The van der Waals surface area contributed by atoms with E-state index in [1.165, 1.54) is 0 Å². The SMILES string of the molecule is N#C[C@@]1(n2ccc(=O)[nH]c2=O)O[C@H](CO)[C@@H](O)C1C1CCO1. The zero-order chi connectivity index (χ0) is 15.9. The van der Waals surface area contributed by atoms with Crippen molar-refractivity contribution in [2.75, 3.05) is 13.2 Å². The smallest absolute Gasteiger partial charge is 0.331 e. The van der Waals surface area contributed by atoms with Crippen LogP contribution in [0.25, 0.3) is 0 Å². The van der Waals surface area contributed by atoms with Gasteiger partial charge in [-0.25, -0.2) is 4.79 Å². The van der Waals surface area contributed by atoms with Gasteiger partial charge in [-0.2, -0.15) is 5.26 Å². The van der Waals surface area contributed by atoms with E-state index in [1.807, 2.05) is 6.07 Å². The summed E-state index contributed by atoms with van der Waals surface area (Å²) in [7, 11) is 0. The summed E-state index contributed by atoms with van der Waals surface area (Å²) in [6.07, 6.45) is -0.917. The lowest BCUT2D eigenvalue weighted by Crippen LogP contribution is -2.54. The molecule has 5 atom stereocenters. The summed E-state index contributed by atoms with van der Waals surface area (Å²) < 4.78 is 11.8. The van der Waals surface area contributed by atoms with Crippen molar-refractivity contribution in [3.8, 4) is 6.07 Å². The molecule has 3 N–H and O–H groups in total. The molecule has 2 saturated heterocycles. The van der Waals surface area contributed by atoms with Gasteiger partial charge in [-0.1, -0.05) is 0 Å². The molecule has 1 aromatic rings. The van der Waals surface area contributed by atoms with Gasteiger partial charge in [0.2, 0.25) is 5.72 Å². The Bertz CT molecular complexity index is 717. The lowest BCUT2D eigenvalue weighted by Gasteiger charge is -2.39. The zero-order valence-corrected chi connectivity index (χ0v) is 11.5. The van der Waals surface area contributed by atoms with Crippen LogP contribution in [0.5, 0.6) is 0 Å². The summed E-state index contributed by atoms with van der Waals surface area (Å²) in [6, 6.07) is 3.00. The number of H-pyrrole nitrogens is 1. The number of aromatic nitrogens is 2. The van der Waals surface area contributed by atoms with Gasteiger partial charge in [0.15, 0.2) is 0 Å². The number of nitrogens with one attached hydrogen (secondary N) is 1. The minimum atomic E-state index is -1.85. The number of rotatable bonds is 3. The normalized spacial score (nSPS) is 37.5. The molecule has 9 heteroatoms. The van der Waals surface area contributed by atoms with E-state index in [2.05, 4.69) is 4.98 Å². The van der Waals surface area contributed by atoms with Gasteiger partial charge in [-0.3, -0.25) is 14.3 Å². The third kappa shape index (κ3) is 2.00. The van der Waals surface area contributed by atoms with Crippen LogP contribution < -0.4 is 11.2 Å². The standard InChI is InChI=1S/C13H15N3O6/c14-6-13(16-3-1-9(18)15-12(16)20)10(7-2-4-21-7)11(19)8(5-17)22-13/h1,3,7-8,10-11,17,19H,2,4-5H2,(H,15,18,20)/t7?,8-,10?,11-,13-/m1/s1. The van der Waals surface area contributed by atoms with E-state index in [-0.39, 0.29) is 0 Å². The van der Waals surface area contributed by atoms with Crippen LogP contribution in [-0.2, 0) is 15.2 Å². The van der Waals surface area contributed by atoms with Gasteiger partial charge in [-0.05, 0) is 6.42 Å². The number of nitrogens with zero attached hydrogens (tertiary/aromatic N) is 2. The molecule has 2 aliphatic heterocycles. The molecule has 2 unspecified atom stereocenters. The maximum absolute atomic E-state index is 12.1. The van der Waals surface area contributed by atoms with Crippen LogP contribution in [0, 0.1) is 17.2 Å². The molecule has 3 heterocycles. The highest BCUT2D eigenvalue weighted by atomic mass is 16.6. The highest BCUT2D eigenvalue weighted by Crippen LogP contribution is 2.44. The molecule has 0 spiro atoms. The van der Waals surface area contributed by atoms with Crippen LogP contribution in [0.1, 0.15) is 6.42 Å². The molecular weight excluding hydrogens is 294 g/mol. The first kappa shape index (κ1) is 14.9. The number of aromatic amines is 1. The molecule has 0 saturated carbocycles. The van der Waals surface area contributed by atoms with Gasteiger partial charge in [0.25, 0.3) is 5.56 Å². The second-order valence-electron chi connectivity index (χ2n) is 5.34. The van der Waals surface area contributed by atoms with E-state index in [4.69, 9.17) is 9.47 Å². The first-order chi connectivity index (χ1) is 10.5. The van der Waals surface area contributed by atoms with E-state index in [9.17, 15) is 25.1 Å². The molecule has 0 aromatic carbocycles. The van der Waals surface area contributed by atoms with Crippen LogP contribution in [0.2, 0.25) is 0 Å². The fraction of sp³-hybridized carbons (Fsp3) is 0.615. The zero-order valence-electron chi connectivity index (χ0n) is 11.5. The number of hydrogen-bond acceptors (Lipinski definition) is 7. The largest absolute Gasteiger partial charge is 0.394 e. The maximum Gasteiger partial charge on any atom is 0.331 e. The van der Waals surface area contributed by atoms with Crippen molar-refractivity contribution in [1.82, 2.24) is 9.55 Å². The lowest BCUT2D eigenvalue weighted by molar-refractivity contribution is -0.154. The molecule has 2 fully saturated rings. The first-order valence-corrected chi connectivity index (χ1v) is 6.85. The minimum absolute atomic E-state index is 0.468. The molecular formula is C13H15N3O6. The average Bonchev–Trinajstić information content (AvgIpc) is 2.72. The summed E-state index contributed by atoms with van der Waals surface area (Å²) in [5.74, 6) is -0.855. The summed E-state index contributed by atoms with van der Waals surface area (Å²) >= 11 is 0. The van der Waals surface area contributed by atoms with Crippen molar-refractivity contribution in [1.29, 1.82) is 5.26 Å². The molecule has 3 rings (SSSR count). The topological polar surface area (TPSA) is 138 Å². The van der Waals surface area contributed by atoms with Gasteiger partial charge in [-0.15, -0.1) is 0 Å². The molecule has 0 amide bonds. The van der Waals surface area contributed by atoms with Crippen LogP contribution in [-0.4, -0.2) is 51.3 Å². The molecule has 22 heavy (non-hydrogen) atoms. The van der Waals surface area contributed by atoms with Crippen molar-refractivity contribution in [3.63, 3.8) is 0 Å². The predicted octanol–water partition coefficient (Wildman–Crippen LogP) is -2.13. The minimum Gasteiger partial charge on any atom is -0.394 e. The van der Waals surface area contributed by atoms with Crippen molar-refractivity contribution in [2.45, 2.75) is 30.5 Å². The monoisotopic (exact) mass is 309 g/mol. The van der Waals surface area contributed by atoms with Crippen LogP contribution in [0.15, 0.2) is 21.9 Å². The number of nitriles is 1. The number of aliphatic hydroxyl groups is 2. The third-order valence-corrected chi connectivity index (χ3v) is 4.19. The Labute approximate surface area is 124 Å². The molecule has 0 radical (unpaired) electrons. The Morgan fingerprint density at radius 2 is 2.27 bits per heavy atom.